The number of aliphatic hydroxyl groups is 1. The number of amides is 1. The molecule has 7 nitrogen and oxygen atoms in total. The molecule has 8 heteroatoms. The van der Waals surface area contributed by atoms with Crippen molar-refractivity contribution in [2.24, 2.45) is 11.3 Å². The van der Waals surface area contributed by atoms with Gasteiger partial charge in [-0.15, -0.1) is 0 Å². The highest BCUT2D eigenvalue weighted by Gasteiger charge is 2.61. The molecule has 34 heavy (non-hydrogen) atoms. The molecule has 1 saturated heterocycles. The Morgan fingerprint density at radius 3 is 2.74 bits per heavy atom. The molecule has 1 aliphatic carbocycles. The number of hydrogen-bond acceptors (Lipinski definition) is 5. The lowest BCUT2D eigenvalue weighted by atomic mass is 9.92. The highest BCUT2D eigenvalue weighted by molar-refractivity contribution is 5.96. The van der Waals surface area contributed by atoms with Gasteiger partial charge in [0.2, 0.25) is 5.91 Å². The van der Waals surface area contributed by atoms with E-state index >= 15 is 0 Å². The number of rotatable bonds is 3. The Labute approximate surface area is 199 Å². The Morgan fingerprint density at radius 2 is 2.00 bits per heavy atom. The predicted molar refractivity (Wildman–Crippen MR) is 125 cm³/mol. The highest BCUT2D eigenvalue weighted by Crippen LogP contribution is 2.57. The summed E-state index contributed by atoms with van der Waals surface area (Å²) in [4.78, 5) is 40.3. The quantitative estimate of drug-likeness (QED) is 0.582. The number of hydrogen-bond donors (Lipinski definition) is 3. The van der Waals surface area contributed by atoms with Crippen molar-refractivity contribution in [3.05, 3.63) is 41.7 Å². The van der Waals surface area contributed by atoms with Crippen molar-refractivity contribution in [1.82, 2.24) is 4.90 Å². The molecular formula is C26H33FN2O5. The van der Waals surface area contributed by atoms with Crippen LogP contribution in [0.5, 0.6) is 0 Å². The van der Waals surface area contributed by atoms with Crippen LogP contribution < -0.4 is 5.32 Å². The Bertz CT molecular complexity index is 975. The molecule has 0 bridgehead atoms. The Balaban J connectivity index is 1.60. The van der Waals surface area contributed by atoms with E-state index in [-0.39, 0.29) is 37.0 Å². The van der Waals surface area contributed by atoms with Gasteiger partial charge < -0.3 is 20.4 Å². The molecule has 2 fully saturated rings. The molecule has 0 unspecified atom stereocenters. The normalized spacial score (nSPS) is 33.3. The third kappa shape index (κ3) is 5.17. The van der Waals surface area contributed by atoms with E-state index in [1.165, 1.54) is 17.0 Å². The predicted octanol–water partition coefficient (Wildman–Crippen LogP) is 3.45. The number of nitrogens with one attached hydrogen (secondary N) is 1. The van der Waals surface area contributed by atoms with Crippen LogP contribution in [0, 0.1) is 24.1 Å². The number of fused-ring (bicyclic) bond motifs is 2. The van der Waals surface area contributed by atoms with Crippen LogP contribution in [0.1, 0.15) is 56.9 Å². The number of aryl methyl sites for hydroxylation is 1. The lowest BCUT2D eigenvalue weighted by molar-refractivity contribution is -0.147. The third-order valence-corrected chi connectivity index (χ3v) is 7.40. The number of carbonyl (C=O) groups is 3. The first-order valence-electron chi connectivity index (χ1n) is 12.1. The van der Waals surface area contributed by atoms with Crippen LogP contribution in [0.25, 0.3) is 0 Å². The Kier molecular flexibility index (Phi) is 7.07. The number of aliphatic hydroxyl groups excluding tert-OH is 1. The van der Waals surface area contributed by atoms with Gasteiger partial charge in [0.15, 0.2) is 5.78 Å². The van der Waals surface area contributed by atoms with Crippen LogP contribution in [0.3, 0.4) is 0 Å². The minimum absolute atomic E-state index is 0.0268. The maximum absolute atomic E-state index is 14.0. The lowest BCUT2D eigenvalue weighted by Gasteiger charge is -2.29. The zero-order valence-electron chi connectivity index (χ0n) is 19.5. The van der Waals surface area contributed by atoms with Crippen molar-refractivity contribution in [3.8, 4) is 0 Å². The van der Waals surface area contributed by atoms with E-state index in [1.54, 1.807) is 13.0 Å². The van der Waals surface area contributed by atoms with Gasteiger partial charge in [-0.1, -0.05) is 25.0 Å². The molecule has 0 radical (unpaired) electrons. The number of allylic oxidation sites excluding steroid dienone is 2. The highest BCUT2D eigenvalue weighted by atomic mass is 19.1. The van der Waals surface area contributed by atoms with Crippen molar-refractivity contribution in [3.63, 3.8) is 0 Å². The first-order valence-corrected chi connectivity index (χ1v) is 12.1. The molecule has 4 rings (SSSR count). The summed E-state index contributed by atoms with van der Waals surface area (Å²) in [7, 11) is 0. The monoisotopic (exact) mass is 472 g/mol. The van der Waals surface area contributed by atoms with E-state index in [0.29, 0.717) is 18.5 Å². The van der Waals surface area contributed by atoms with Gasteiger partial charge in [-0.3, -0.25) is 14.4 Å². The van der Waals surface area contributed by atoms with E-state index in [1.807, 2.05) is 12.2 Å². The summed E-state index contributed by atoms with van der Waals surface area (Å²) in [6, 6.07) is 2.98. The topological polar surface area (TPSA) is 107 Å². The first-order chi connectivity index (χ1) is 16.2. The molecule has 0 aromatic heterocycles. The van der Waals surface area contributed by atoms with Crippen molar-refractivity contribution in [2.45, 2.75) is 76.5 Å². The van der Waals surface area contributed by atoms with Gasteiger partial charge >= 0.3 is 5.97 Å². The third-order valence-electron chi connectivity index (χ3n) is 7.40. The number of carbonyl (C=O) groups excluding carboxylic acids is 2. The average molecular weight is 473 g/mol. The van der Waals surface area contributed by atoms with Crippen molar-refractivity contribution < 1.29 is 29.0 Å². The zero-order valence-corrected chi connectivity index (χ0v) is 19.5. The minimum atomic E-state index is -1.12. The summed E-state index contributed by atoms with van der Waals surface area (Å²) in [6.45, 7) is 1.80. The molecule has 184 valence electrons. The second-order valence-electron chi connectivity index (χ2n) is 10.1. The number of Topliss-reactive ketones (excluding diaryl/α,β-unsaturated/α-hetero) is 1. The fourth-order valence-electron chi connectivity index (χ4n) is 5.43. The summed E-state index contributed by atoms with van der Waals surface area (Å²) < 4.78 is 14.0. The number of anilines is 1. The largest absolute Gasteiger partial charge is 0.481 e. The number of carboxylic acid groups (broad SMARTS) is 1. The van der Waals surface area contributed by atoms with Crippen molar-refractivity contribution in [1.29, 1.82) is 0 Å². The van der Waals surface area contributed by atoms with Crippen LogP contribution in [-0.4, -0.2) is 57.5 Å². The van der Waals surface area contributed by atoms with E-state index in [0.717, 1.165) is 31.2 Å². The van der Waals surface area contributed by atoms with Crippen LogP contribution >= 0.6 is 0 Å². The van der Waals surface area contributed by atoms with E-state index < -0.39 is 35.4 Å². The van der Waals surface area contributed by atoms with Crippen LogP contribution in [0.15, 0.2) is 30.4 Å². The number of halogens is 1. The second kappa shape index (κ2) is 9.86. The number of aliphatic carboxylic acids is 1. The SMILES string of the molecule is Cc1cc(F)cc(N[C@H]2CCCCC/C=C\[C@H]3C[C@@]3(C(=O)O)CC(=O)[C@@H]3C[C@@H](O)CN3C2=O)c1. The number of carboxylic acids is 1. The maximum Gasteiger partial charge on any atom is 0.310 e. The summed E-state index contributed by atoms with van der Waals surface area (Å²) >= 11 is 0. The van der Waals surface area contributed by atoms with Gasteiger partial charge in [-0.05, 0) is 62.3 Å². The lowest BCUT2D eigenvalue weighted by Crippen LogP contribution is -2.48. The molecule has 1 aromatic carbocycles. The Hall–Kier alpha value is -2.74. The summed E-state index contributed by atoms with van der Waals surface area (Å²) in [5, 5.41) is 23.3. The summed E-state index contributed by atoms with van der Waals surface area (Å²) in [5.41, 5.74) is 0.0960. The van der Waals surface area contributed by atoms with Crippen molar-refractivity contribution >= 4 is 23.3 Å². The van der Waals surface area contributed by atoms with E-state index in [4.69, 9.17) is 0 Å². The van der Waals surface area contributed by atoms with Gasteiger partial charge in [0, 0.05) is 25.1 Å². The molecule has 2 aliphatic heterocycles. The standard InChI is InChI=1S/C26H33FN2O5/c1-16-9-18(27)11-19(10-16)28-21-8-6-4-2-3-5-7-17-13-26(17,25(33)34)14-23(31)22-12-20(30)15-29(22)24(21)32/h5,7,9-11,17,20-22,28,30H,2-4,6,8,12-15H2,1H3,(H,33,34)/b7-5-/t17-,20+,21-,22-,26+/m0/s1. The zero-order chi connectivity index (χ0) is 24.5. The van der Waals surface area contributed by atoms with Gasteiger partial charge in [-0.2, -0.15) is 0 Å². The second-order valence-corrected chi connectivity index (χ2v) is 10.1. The number of nitrogens with zero attached hydrogens (tertiary/aromatic N) is 1. The molecule has 3 N–H and O–H groups in total. The minimum Gasteiger partial charge on any atom is -0.481 e. The summed E-state index contributed by atoms with van der Waals surface area (Å²) in [6.07, 6.45) is 7.33. The van der Waals surface area contributed by atoms with Crippen LogP contribution in [-0.2, 0) is 14.4 Å². The summed E-state index contributed by atoms with van der Waals surface area (Å²) in [5.74, 6) is -2.21. The molecule has 3 aliphatic rings. The smallest absolute Gasteiger partial charge is 0.310 e. The molecule has 5 atom stereocenters. The average Bonchev–Trinajstić information content (AvgIpc) is 3.31. The number of ketones is 1. The molecule has 1 aromatic rings. The maximum atomic E-state index is 14.0. The van der Waals surface area contributed by atoms with E-state index in [9.17, 15) is 29.0 Å². The molecule has 1 amide bonds. The fourth-order valence-corrected chi connectivity index (χ4v) is 5.43. The van der Waals surface area contributed by atoms with Gasteiger partial charge in [0.05, 0.1) is 17.6 Å². The van der Waals surface area contributed by atoms with Gasteiger partial charge in [0.1, 0.15) is 11.9 Å². The Morgan fingerprint density at radius 1 is 1.21 bits per heavy atom. The van der Waals surface area contributed by atoms with Crippen LogP contribution in [0.2, 0.25) is 0 Å². The van der Waals surface area contributed by atoms with E-state index in [2.05, 4.69) is 5.32 Å². The fraction of sp³-hybridized carbons (Fsp3) is 0.577. The molecule has 2 heterocycles. The molecule has 1 saturated carbocycles. The molecule has 0 spiro atoms. The van der Waals surface area contributed by atoms with Crippen molar-refractivity contribution in [2.75, 3.05) is 11.9 Å². The van der Waals surface area contributed by atoms with Gasteiger partial charge in [0.25, 0.3) is 0 Å². The molecular weight excluding hydrogens is 439 g/mol. The number of benzene rings is 1. The first kappa shape index (κ1) is 24.4. The van der Waals surface area contributed by atoms with Crippen LogP contribution in [0.4, 0.5) is 10.1 Å². The van der Waals surface area contributed by atoms with Gasteiger partial charge in [-0.25, -0.2) is 4.39 Å².